The van der Waals surface area contributed by atoms with Crippen molar-refractivity contribution in [3.8, 4) is 0 Å². The largest absolute Gasteiger partial charge is 0.305 e. The van der Waals surface area contributed by atoms with E-state index in [0.29, 0.717) is 12.6 Å². The molecule has 0 aromatic heterocycles. The lowest BCUT2D eigenvalue weighted by Crippen LogP contribution is -2.39. The molecule has 1 unspecified atom stereocenters. The molecule has 0 aromatic rings. The lowest BCUT2D eigenvalue weighted by Gasteiger charge is -2.22. The molecule has 1 heterocycles. The molecule has 0 radical (unpaired) electrons. The molecule has 3 heteroatoms. The van der Waals surface area contributed by atoms with Crippen LogP contribution in [0.4, 0.5) is 0 Å². The van der Waals surface area contributed by atoms with Crippen molar-refractivity contribution in [2.45, 2.75) is 32.4 Å². The van der Waals surface area contributed by atoms with Gasteiger partial charge in [-0.3, -0.25) is 9.69 Å². The van der Waals surface area contributed by atoms with Gasteiger partial charge in [-0.1, -0.05) is 0 Å². The minimum absolute atomic E-state index is 0.289. The van der Waals surface area contributed by atoms with E-state index in [2.05, 4.69) is 10.2 Å². The van der Waals surface area contributed by atoms with E-state index in [1.165, 1.54) is 12.8 Å². The first-order valence-corrected chi connectivity index (χ1v) is 4.65. The molecule has 1 atom stereocenters. The molecule has 12 heavy (non-hydrogen) atoms. The van der Waals surface area contributed by atoms with E-state index in [-0.39, 0.29) is 5.78 Å². The second-order valence-electron chi connectivity index (χ2n) is 3.43. The van der Waals surface area contributed by atoms with E-state index in [1.54, 1.807) is 6.92 Å². The number of Topliss-reactive ketones (excluding diaryl/α,β-unsaturated/α-hetero) is 1. The number of carbonyl (C=O) groups excluding carboxylic acids is 1. The Morgan fingerprint density at radius 1 is 1.67 bits per heavy atom. The van der Waals surface area contributed by atoms with Crippen molar-refractivity contribution >= 4 is 5.78 Å². The molecule has 0 amide bonds. The summed E-state index contributed by atoms with van der Waals surface area (Å²) >= 11 is 0. The van der Waals surface area contributed by atoms with Crippen molar-refractivity contribution in [2.75, 3.05) is 20.1 Å². The Bertz CT molecular complexity index is 159. The fourth-order valence-electron chi connectivity index (χ4n) is 1.72. The van der Waals surface area contributed by atoms with Crippen LogP contribution in [0, 0.1) is 0 Å². The van der Waals surface area contributed by atoms with E-state index in [1.807, 2.05) is 7.05 Å². The average Bonchev–Trinajstić information content (AvgIpc) is 2.47. The van der Waals surface area contributed by atoms with E-state index in [4.69, 9.17) is 0 Å². The van der Waals surface area contributed by atoms with Gasteiger partial charge in [0.1, 0.15) is 5.78 Å². The summed E-state index contributed by atoms with van der Waals surface area (Å²) in [4.78, 5) is 13.1. The molecule has 1 N–H and O–H groups in total. The van der Waals surface area contributed by atoms with E-state index < -0.39 is 0 Å². The lowest BCUT2D eigenvalue weighted by molar-refractivity contribution is -0.117. The van der Waals surface area contributed by atoms with Crippen LogP contribution >= 0.6 is 0 Å². The zero-order valence-corrected chi connectivity index (χ0v) is 7.97. The average molecular weight is 170 g/mol. The normalized spacial score (nSPS) is 24.7. The first-order valence-electron chi connectivity index (χ1n) is 4.65. The van der Waals surface area contributed by atoms with Gasteiger partial charge in [0.05, 0.1) is 6.17 Å². The maximum atomic E-state index is 10.7. The number of ketones is 1. The van der Waals surface area contributed by atoms with E-state index in [0.717, 1.165) is 13.1 Å². The Balaban J connectivity index is 2.26. The van der Waals surface area contributed by atoms with Crippen molar-refractivity contribution in [2.24, 2.45) is 0 Å². The van der Waals surface area contributed by atoms with Crippen molar-refractivity contribution in [1.29, 1.82) is 0 Å². The van der Waals surface area contributed by atoms with Gasteiger partial charge in [-0.2, -0.15) is 0 Å². The molecular formula is C9H18N2O. The number of hydrogen-bond donors (Lipinski definition) is 1. The van der Waals surface area contributed by atoms with Crippen LogP contribution in [0.25, 0.3) is 0 Å². The van der Waals surface area contributed by atoms with Gasteiger partial charge >= 0.3 is 0 Å². The predicted molar refractivity (Wildman–Crippen MR) is 49.0 cm³/mol. The number of nitrogens with one attached hydrogen (secondary N) is 1. The number of likely N-dealkylation sites (tertiary alicyclic amines) is 1. The summed E-state index contributed by atoms with van der Waals surface area (Å²) in [6, 6.07) is 0. The summed E-state index contributed by atoms with van der Waals surface area (Å²) in [5.74, 6) is 0.289. The number of rotatable bonds is 4. The van der Waals surface area contributed by atoms with Gasteiger partial charge in [-0.25, -0.2) is 0 Å². The Kier molecular flexibility index (Phi) is 3.69. The molecule has 1 saturated heterocycles. The third-order valence-electron chi connectivity index (χ3n) is 2.45. The molecule has 0 spiro atoms. The van der Waals surface area contributed by atoms with Gasteiger partial charge in [-0.15, -0.1) is 0 Å². The second-order valence-corrected chi connectivity index (χ2v) is 3.43. The van der Waals surface area contributed by atoms with Crippen LogP contribution in [0.2, 0.25) is 0 Å². The maximum absolute atomic E-state index is 10.7. The Morgan fingerprint density at radius 2 is 2.42 bits per heavy atom. The van der Waals surface area contributed by atoms with Crippen LogP contribution in [0.15, 0.2) is 0 Å². The summed E-state index contributed by atoms with van der Waals surface area (Å²) in [7, 11) is 1.98. The molecule has 1 aliphatic rings. The van der Waals surface area contributed by atoms with Crippen molar-refractivity contribution in [3.05, 3.63) is 0 Å². The fraction of sp³-hybridized carbons (Fsp3) is 0.889. The highest BCUT2D eigenvalue weighted by Gasteiger charge is 2.22. The highest BCUT2D eigenvalue weighted by molar-refractivity contribution is 5.75. The first-order chi connectivity index (χ1) is 5.74. The van der Waals surface area contributed by atoms with Gasteiger partial charge in [-0.05, 0) is 33.4 Å². The molecule has 0 aliphatic carbocycles. The lowest BCUT2D eigenvalue weighted by atomic mass is 10.3. The molecule has 0 bridgehead atoms. The maximum Gasteiger partial charge on any atom is 0.131 e. The molecular weight excluding hydrogens is 152 g/mol. The summed E-state index contributed by atoms with van der Waals surface area (Å²) in [5, 5.41) is 3.25. The van der Waals surface area contributed by atoms with Gasteiger partial charge in [0, 0.05) is 13.0 Å². The van der Waals surface area contributed by atoms with Crippen molar-refractivity contribution in [3.63, 3.8) is 0 Å². The smallest absolute Gasteiger partial charge is 0.131 e. The van der Waals surface area contributed by atoms with Crippen molar-refractivity contribution < 1.29 is 4.79 Å². The monoisotopic (exact) mass is 170 g/mol. The standard InChI is InChI=1S/C9H18N2O/c1-8(12)5-7-11-6-3-4-9(11)10-2/h9-10H,3-7H2,1-2H3. The summed E-state index contributed by atoms with van der Waals surface area (Å²) < 4.78 is 0. The van der Waals surface area contributed by atoms with E-state index in [9.17, 15) is 4.79 Å². The summed E-state index contributed by atoms with van der Waals surface area (Å²) in [5.41, 5.74) is 0. The molecule has 1 rings (SSSR count). The highest BCUT2D eigenvalue weighted by Crippen LogP contribution is 2.14. The molecule has 1 aliphatic heterocycles. The quantitative estimate of drug-likeness (QED) is 0.671. The van der Waals surface area contributed by atoms with Gasteiger partial charge in [0.15, 0.2) is 0 Å². The number of carbonyl (C=O) groups is 1. The van der Waals surface area contributed by atoms with Crippen LogP contribution in [-0.2, 0) is 4.79 Å². The zero-order chi connectivity index (χ0) is 8.97. The van der Waals surface area contributed by atoms with Gasteiger partial charge in [0.2, 0.25) is 0 Å². The minimum atomic E-state index is 0.289. The highest BCUT2D eigenvalue weighted by atomic mass is 16.1. The molecule has 0 aromatic carbocycles. The third-order valence-corrected chi connectivity index (χ3v) is 2.45. The van der Waals surface area contributed by atoms with Crippen LogP contribution in [0.1, 0.15) is 26.2 Å². The first kappa shape index (κ1) is 9.68. The molecule has 3 nitrogen and oxygen atoms in total. The Hall–Kier alpha value is -0.410. The molecule has 1 fully saturated rings. The van der Waals surface area contributed by atoms with Crippen LogP contribution < -0.4 is 5.32 Å². The van der Waals surface area contributed by atoms with Crippen LogP contribution in [0.5, 0.6) is 0 Å². The third kappa shape index (κ3) is 2.57. The predicted octanol–water partition coefficient (Wildman–Crippen LogP) is 0.607. The van der Waals surface area contributed by atoms with Crippen molar-refractivity contribution in [1.82, 2.24) is 10.2 Å². The SMILES string of the molecule is CNC1CCCN1CCC(C)=O. The zero-order valence-electron chi connectivity index (χ0n) is 7.97. The van der Waals surface area contributed by atoms with Crippen LogP contribution in [-0.4, -0.2) is 37.0 Å². The summed E-state index contributed by atoms with van der Waals surface area (Å²) in [6.07, 6.45) is 3.67. The topological polar surface area (TPSA) is 32.3 Å². The van der Waals surface area contributed by atoms with E-state index >= 15 is 0 Å². The van der Waals surface area contributed by atoms with Gasteiger partial charge in [0.25, 0.3) is 0 Å². The number of nitrogens with zero attached hydrogens (tertiary/aromatic N) is 1. The second kappa shape index (κ2) is 4.58. The summed E-state index contributed by atoms with van der Waals surface area (Å²) in [6.45, 7) is 3.71. The van der Waals surface area contributed by atoms with Gasteiger partial charge < -0.3 is 5.32 Å². The Labute approximate surface area is 74.1 Å². The Morgan fingerprint density at radius 3 is 3.00 bits per heavy atom. The minimum Gasteiger partial charge on any atom is -0.305 e. The molecule has 0 saturated carbocycles. The molecule has 70 valence electrons. The number of hydrogen-bond acceptors (Lipinski definition) is 3. The van der Waals surface area contributed by atoms with Crippen LogP contribution in [0.3, 0.4) is 0 Å². The fourth-order valence-corrected chi connectivity index (χ4v) is 1.72.